The minimum Gasteiger partial charge on any atom is -0.467 e. The first-order valence-corrected chi connectivity index (χ1v) is 5.74. The van der Waals surface area contributed by atoms with Gasteiger partial charge in [-0.05, 0) is 25.5 Å². The van der Waals surface area contributed by atoms with E-state index in [0.29, 0.717) is 12.0 Å². The molecule has 1 aromatic carbocycles. The molecule has 4 nitrogen and oxygen atoms in total. The Bertz CT molecular complexity index is 426. The molecule has 0 bridgehead atoms. The van der Waals surface area contributed by atoms with Gasteiger partial charge in [-0.15, -0.1) is 0 Å². The summed E-state index contributed by atoms with van der Waals surface area (Å²) in [6, 6.07) is 8.11. The van der Waals surface area contributed by atoms with Crippen molar-refractivity contribution in [2.45, 2.75) is 19.4 Å². The predicted molar refractivity (Wildman–Crippen MR) is 69.1 cm³/mol. The summed E-state index contributed by atoms with van der Waals surface area (Å²) < 4.78 is 4.66. The molecule has 1 N–H and O–H groups in total. The normalized spacial score (nSPS) is 12.1. The molecule has 1 atom stereocenters. The first-order chi connectivity index (χ1) is 8.69. The summed E-state index contributed by atoms with van der Waals surface area (Å²) in [5.74, 6) is -0.729. The van der Waals surface area contributed by atoms with E-state index in [1.807, 2.05) is 25.1 Å². The maximum Gasteiger partial charge on any atom is 0.328 e. The van der Waals surface area contributed by atoms with Crippen LogP contribution in [0.15, 0.2) is 42.5 Å². The van der Waals surface area contributed by atoms with Crippen molar-refractivity contribution in [3.05, 3.63) is 48.0 Å². The van der Waals surface area contributed by atoms with E-state index in [9.17, 15) is 9.59 Å². The Kier molecular flexibility index (Phi) is 5.64. The molecule has 0 saturated heterocycles. The Morgan fingerprint density at radius 1 is 1.33 bits per heavy atom. The van der Waals surface area contributed by atoms with Crippen molar-refractivity contribution < 1.29 is 14.3 Å². The van der Waals surface area contributed by atoms with Crippen LogP contribution in [0.1, 0.15) is 23.7 Å². The highest BCUT2D eigenvalue weighted by molar-refractivity contribution is 5.96. The Hall–Kier alpha value is -2.10. The van der Waals surface area contributed by atoms with Crippen molar-refractivity contribution >= 4 is 11.9 Å². The minimum atomic E-state index is -0.654. The highest BCUT2D eigenvalue weighted by Gasteiger charge is 2.20. The standard InChI is InChI=1S/C14H17NO3/c1-3-4-10-12(14(17)18-2)15-13(16)11-8-6-5-7-9-11/h3-9,12H,10H2,1-2H3,(H,15,16)/b4-3+. The Morgan fingerprint density at radius 2 is 2.00 bits per heavy atom. The monoisotopic (exact) mass is 247 g/mol. The lowest BCUT2D eigenvalue weighted by molar-refractivity contribution is -0.142. The average molecular weight is 247 g/mol. The summed E-state index contributed by atoms with van der Waals surface area (Å²) in [5.41, 5.74) is 0.520. The van der Waals surface area contributed by atoms with E-state index in [-0.39, 0.29) is 5.91 Å². The second-order valence-electron chi connectivity index (χ2n) is 3.72. The van der Waals surface area contributed by atoms with Crippen LogP contribution in [0.25, 0.3) is 0 Å². The van der Waals surface area contributed by atoms with Crippen LogP contribution in [-0.4, -0.2) is 25.0 Å². The smallest absolute Gasteiger partial charge is 0.328 e. The quantitative estimate of drug-likeness (QED) is 0.639. The van der Waals surface area contributed by atoms with Gasteiger partial charge in [-0.3, -0.25) is 4.79 Å². The fourth-order valence-electron chi connectivity index (χ4n) is 1.46. The van der Waals surface area contributed by atoms with E-state index in [2.05, 4.69) is 10.1 Å². The van der Waals surface area contributed by atoms with Gasteiger partial charge in [0.05, 0.1) is 7.11 Å². The molecule has 0 aliphatic heterocycles. The Balaban J connectivity index is 2.71. The zero-order chi connectivity index (χ0) is 13.4. The van der Waals surface area contributed by atoms with Crippen LogP contribution in [0, 0.1) is 0 Å². The molecule has 18 heavy (non-hydrogen) atoms. The van der Waals surface area contributed by atoms with Gasteiger partial charge in [0.15, 0.2) is 0 Å². The molecular weight excluding hydrogens is 230 g/mol. The molecule has 0 spiro atoms. The number of allylic oxidation sites excluding steroid dienone is 1. The zero-order valence-corrected chi connectivity index (χ0v) is 10.6. The van der Waals surface area contributed by atoms with Crippen LogP contribution in [0.4, 0.5) is 0 Å². The third kappa shape index (κ3) is 4.05. The summed E-state index contributed by atoms with van der Waals surface area (Å²) in [6.45, 7) is 1.85. The fraction of sp³-hybridized carbons (Fsp3) is 0.286. The summed E-state index contributed by atoms with van der Waals surface area (Å²) in [7, 11) is 1.31. The van der Waals surface area contributed by atoms with Gasteiger partial charge in [-0.2, -0.15) is 0 Å². The van der Waals surface area contributed by atoms with Crippen LogP contribution >= 0.6 is 0 Å². The lowest BCUT2D eigenvalue weighted by atomic mass is 10.1. The second-order valence-corrected chi connectivity index (χ2v) is 3.72. The molecule has 4 heteroatoms. The molecule has 96 valence electrons. The molecule has 0 aliphatic carbocycles. The van der Waals surface area contributed by atoms with Gasteiger partial charge in [0.25, 0.3) is 5.91 Å². The number of benzene rings is 1. The summed E-state index contributed by atoms with van der Waals surface area (Å²) >= 11 is 0. The van der Waals surface area contributed by atoms with Crippen LogP contribution in [-0.2, 0) is 9.53 Å². The molecule has 0 radical (unpaired) electrons. The van der Waals surface area contributed by atoms with Crippen molar-refractivity contribution in [1.82, 2.24) is 5.32 Å². The summed E-state index contributed by atoms with van der Waals surface area (Å²) in [4.78, 5) is 23.4. The Morgan fingerprint density at radius 3 is 2.56 bits per heavy atom. The largest absolute Gasteiger partial charge is 0.467 e. The van der Waals surface area contributed by atoms with E-state index in [0.717, 1.165) is 0 Å². The molecule has 0 aliphatic rings. The number of hydrogen-bond donors (Lipinski definition) is 1. The first-order valence-electron chi connectivity index (χ1n) is 5.74. The number of carbonyl (C=O) groups excluding carboxylic acids is 2. The van der Waals surface area contributed by atoms with Crippen molar-refractivity contribution in [2.24, 2.45) is 0 Å². The van der Waals surface area contributed by atoms with Crippen LogP contribution in [0.2, 0.25) is 0 Å². The van der Waals surface area contributed by atoms with E-state index in [1.54, 1.807) is 24.3 Å². The number of carbonyl (C=O) groups is 2. The zero-order valence-electron chi connectivity index (χ0n) is 10.6. The Labute approximate surface area is 107 Å². The van der Waals surface area contributed by atoms with Gasteiger partial charge in [0.1, 0.15) is 6.04 Å². The number of rotatable bonds is 5. The highest BCUT2D eigenvalue weighted by atomic mass is 16.5. The van der Waals surface area contributed by atoms with E-state index < -0.39 is 12.0 Å². The number of esters is 1. The average Bonchev–Trinajstić information content (AvgIpc) is 2.43. The third-order valence-corrected chi connectivity index (χ3v) is 2.43. The lowest BCUT2D eigenvalue weighted by Crippen LogP contribution is -2.41. The number of hydrogen-bond acceptors (Lipinski definition) is 3. The summed E-state index contributed by atoms with van der Waals surface area (Å²) in [6.07, 6.45) is 4.05. The van der Waals surface area contributed by atoms with Crippen molar-refractivity contribution in [3.8, 4) is 0 Å². The van der Waals surface area contributed by atoms with Crippen LogP contribution in [0.3, 0.4) is 0 Å². The van der Waals surface area contributed by atoms with Gasteiger partial charge in [-0.25, -0.2) is 4.79 Å². The molecule has 0 saturated carbocycles. The number of ether oxygens (including phenoxy) is 1. The van der Waals surface area contributed by atoms with Crippen LogP contribution < -0.4 is 5.32 Å². The third-order valence-electron chi connectivity index (χ3n) is 2.43. The topological polar surface area (TPSA) is 55.4 Å². The molecule has 1 amide bonds. The molecule has 1 aromatic rings. The fourth-order valence-corrected chi connectivity index (χ4v) is 1.46. The number of nitrogens with one attached hydrogen (secondary N) is 1. The number of amides is 1. The van der Waals surface area contributed by atoms with E-state index in [4.69, 9.17) is 0 Å². The van der Waals surface area contributed by atoms with Gasteiger partial charge >= 0.3 is 5.97 Å². The summed E-state index contributed by atoms with van der Waals surface area (Å²) in [5, 5.41) is 2.65. The predicted octanol–water partition coefficient (Wildman–Crippen LogP) is 1.92. The van der Waals surface area contributed by atoms with Crippen LogP contribution in [0.5, 0.6) is 0 Å². The van der Waals surface area contributed by atoms with Gasteiger partial charge in [-0.1, -0.05) is 30.4 Å². The number of methoxy groups -OCH3 is 1. The van der Waals surface area contributed by atoms with Crippen molar-refractivity contribution in [2.75, 3.05) is 7.11 Å². The van der Waals surface area contributed by atoms with Crippen molar-refractivity contribution in [3.63, 3.8) is 0 Å². The molecule has 0 heterocycles. The van der Waals surface area contributed by atoms with Gasteiger partial charge in [0, 0.05) is 5.56 Å². The molecule has 1 rings (SSSR count). The molecular formula is C14H17NO3. The minimum absolute atomic E-state index is 0.282. The molecule has 1 unspecified atom stereocenters. The second kappa shape index (κ2) is 7.27. The highest BCUT2D eigenvalue weighted by Crippen LogP contribution is 2.02. The van der Waals surface area contributed by atoms with E-state index in [1.165, 1.54) is 7.11 Å². The van der Waals surface area contributed by atoms with E-state index >= 15 is 0 Å². The first kappa shape index (κ1) is 14.0. The van der Waals surface area contributed by atoms with Gasteiger partial charge < -0.3 is 10.1 Å². The lowest BCUT2D eigenvalue weighted by Gasteiger charge is -2.14. The van der Waals surface area contributed by atoms with Gasteiger partial charge in [0.2, 0.25) is 0 Å². The maximum atomic E-state index is 11.9. The molecule has 0 aromatic heterocycles. The SMILES string of the molecule is C/C=C/CC(NC(=O)c1ccccc1)C(=O)OC. The molecule has 0 fully saturated rings. The maximum absolute atomic E-state index is 11.9. The van der Waals surface area contributed by atoms with Crippen molar-refractivity contribution in [1.29, 1.82) is 0 Å².